The highest BCUT2D eigenvalue weighted by molar-refractivity contribution is 8.26. The van der Waals surface area contributed by atoms with Gasteiger partial charge >= 0.3 is 0 Å². The minimum absolute atomic E-state index is 0.111. The topological polar surface area (TPSA) is 131 Å². The second kappa shape index (κ2) is 7.83. The Morgan fingerprint density at radius 3 is 2.68 bits per heavy atom. The molecule has 2 heterocycles. The van der Waals surface area contributed by atoms with Crippen LogP contribution >= 0.6 is 24.0 Å². The maximum absolute atomic E-state index is 12.4. The zero-order valence-corrected chi connectivity index (χ0v) is 16.4. The summed E-state index contributed by atoms with van der Waals surface area (Å²) < 4.78 is 36.4. The minimum atomic E-state index is -4.23. The normalized spacial score (nSPS) is 16.2. The van der Waals surface area contributed by atoms with E-state index in [0.29, 0.717) is 5.56 Å². The van der Waals surface area contributed by atoms with Gasteiger partial charge in [0.2, 0.25) is 0 Å². The van der Waals surface area contributed by atoms with Crippen molar-refractivity contribution in [1.29, 1.82) is 0 Å². The van der Waals surface area contributed by atoms with Gasteiger partial charge in [-0.3, -0.25) is 24.4 Å². The second-order valence-electron chi connectivity index (χ2n) is 5.60. The Balaban J connectivity index is 1.83. The number of hydrogen-bond donors (Lipinski definition) is 1. The van der Waals surface area contributed by atoms with E-state index < -0.39 is 26.7 Å². The zero-order valence-electron chi connectivity index (χ0n) is 14.0. The maximum Gasteiger partial charge on any atom is 0.280 e. The van der Waals surface area contributed by atoms with Gasteiger partial charge in [0.1, 0.15) is 15.8 Å². The molecule has 0 bridgehead atoms. The van der Waals surface area contributed by atoms with E-state index in [1.807, 2.05) is 0 Å². The number of nitrogens with zero attached hydrogens (tertiary/aromatic N) is 2. The van der Waals surface area contributed by atoms with Crippen molar-refractivity contribution in [2.75, 3.05) is 12.3 Å². The average Bonchev–Trinajstić information content (AvgIpc) is 3.18. The van der Waals surface area contributed by atoms with Gasteiger partial charge in [0.25, 0.3) is 21.7 Å². The van der Waals surface area contributed by atoms with Gasteiger partial charge in [-0.2, -0.15) is 8.42 Å². The first-order valence-electron chi connectivity index (χ1n) is 7.70. The van der Waals surface area contributed by atoms with Crippen molar-refractivity contribution in [3.63, 3.8) is 0 Å². The molecule has 1 fully saturated rings. The molecule has 1 N–H and O–H groups in total. The molecule has 1 saturated heterocycles. The number of amides is 1. The number of nitro groups is 1. The van der Waals surface area contributed by atoms with Crippen molar-refractivity contribution in [2.24, 2.45) is 0 Å². The number of carbonyl (C=O) groups is 1. The summed E-state index contributed by atoms with van der Waals surface area (Å²) >= 11 is 6.04. The third kappa shape index (κ3) is 4.47. The number of thiocarbonyl (C=S) groups is 1. The summed E-state index contributed by atoms with van der Waals surface area (Å²) in [6.07, 6.45) is 1.42. The number of para-hydroxylation sites is 1. The van der Waals surface area contributed by atoms with Gasteiger partial charge in [-0.25, -0.2) is 0 Å². The molecule has 2 aromatic rings. The Labute approximate surface area is 168 Å². The lowest BCUT2D eigenvalue weighted by Crippen LogP contribution is -2.32. The highest BCUT2D eigenvalue weighted by Gasteiger charge is 2.33. The van der Waals surface area contributed by atoms with Crippen molar-refractivity contribution in [3.05, 3.63) is 57.2 Å². The Hall–Kier alpha value is -2.54. The van der Waals surface area contributed by atoms with E-state index in [-0.39, 0.29) is 33.0 Å². The summed E-state index contributed by atoms with van der Waals surface area (Å²) in [7, 11) is -4.23. The summed E-state index contributed by atoms with van der Waals surface area (Å²) in [5.41, 5.74) is 0.188. The fraction of sp³-hybridized carbons (Fsp3) is 0.125. The molecule has 0 aliphatic carbocycles. The van der Waals surface area contributed by atoms with Crippen LogP contribution in [0.3, 0.4) is 0 Å². The molecule has 1 amide bonds. The van der Waals surface area contributed by atoms with Crippen LogP contribution < -0.4 is 0 Å². The number of furan rings is 1. The lowest BCUT2D eigenvalue weighted by molar-refractivity contribution is -0.384. The van der Waals surface area contributed by atoms with Crippen molar-refractivity contribution in [3.8, 4) is 11.3 Å². The third-order valence-corrected chi connectivity index (χ3v) is 5.79. The number of rotatable bonds is 6. The van der Waals surface area contributed by atoms with Gasteiger partial charge in [-0.05, 0) is 18.2 Å². The molecule has 146 valence electrons. The predicted octanol–water partition coefficient (Wildman–Crippen LogP) is 2.94. The van der Waals surface area contributed by atoms with E-state index in [2.05, 4.69) is 0 Å². The number of nitro benzene ring substituents is 1. The first-order valence-corrected chi connectivity index (χ1v) is 10.5. The predicted molar refractivity (Wildman–Crippen MR) is 107 cm³/mol. The van der Waals surface area contributed by atoms with E-state index in [1.165, 1.54) is 12.1 Å². The molecule has 28 heavy (non-hydrogen) atoms. The molecule has 1 aliphatic heterocycles. The van der Waals surface area contributed by atoms with Gasteiger partial charge in [0.05, 0.1) is 21.1 Å². The van der Waals surface area contributed by atoms with Gasteiger partial charge in [-0.1, -0.05) is 36.1 Å². The number of thioether (sulfide) groups is 1. The van der Waals surface area contributed by atoms with Crippen LogP contribution in [0, 0.1) is 10.1 Å². The molecule has 12 heteroatoms. The van der Waals surface area contributed by atoms with E-state index in [9.17, 15) is 23.3 Å². The van der Waals surface area contributed by atoms with Crippen LogP contribution in [0.2, 0.25) is 0 Å². The van der Waals surface area contributed by atoms with E-state index in [1.54, 1.807) is 30.3 Å². The molecule has 0 radical (unpaired) electrons. The summed E-state index contributed by atoms with van der Waals surface area (Å²) in [5, 5.41) is 11.2. The van der Waals surface area contributed by atoms with Crippen LogP contribution in [-0.4, -0.2) is 45.3 Å². The van der Waals surface area contributed by atoms with Crippen molar-refractivity contribution < 1.29 is 27.1 Å². The van der Waals surface area contributed by atoms with E-state index in [0.717, 1.165) is 16.7 Å². The molecule has 0 spiro atoms. The minimum Gasteiger partial charge on any atom is -0.456 e. The molecule has 1 aromatic carbocycles. The summed E-state index contributed by atoms with van der Waals surface area (Å²) in [6.45, 7) is -0.263. The van der Waals surface area contributed by atoms with Crippen LogP contribution in [-0.2, 0) is 14.9 Å². The van der Waals surface area contributed by atoms with Crippen LogP contribution in [0.5, 0.6) is 0 Å². The smallest absolute Gasteiger partial charge is 0.280 e. The monoisotopic (exact) mass is 440 g/mol. The van der Waals surface area contributed by atoms with Crippen molar-refractivity contribution in [2.45, 2.75) is 0 Å². The molecule has 1 aliphatic rings. The molecule has 9 nitrogen and oxygen atoms in total. The molecular weight excluding hydrogens is 428 g/mol. The standard InChI is InChI=1S/C16H12N2O7S3/c19-15-14(27-16(26)17(15)7-8-28(22,23)24)9-10-5-6-13(25-10)11-3-1-2-4-12(11)18(20)21/h1-6,9H,7-8H2,(H,22,23,24). The highest BCUT2D eigenvalue weighted by Crippen LogP contribution is 2.35. The fourth-order valence-corrected chi connectivity index (χ4v) is 4.15. The van der Waals surface area contributed by atoms with Gasteiger partial charge in [-0.15, -0.1) is 0 Å². The molecule has 0 unspecified atom stereocenters. The van der Waals surface area contributed by atoms with Gasteiger partial charge in [0, 0.05) is 18.7 Å². The largest absolute Gasteiger partial charge is 0.456 e. The van der Waals surface area contributed by atoms with E-state index >= 15 is 0 Å². The lowest BCUT2D eigenvalue weighted by atomic mass is 10.1. The van der Waals surface area contributed by atoms with E-state index in [4.69, 9.17) is 21.2 Å². The zero-order chi connectivity index (χ0) is 20.5. The number of carbonyl (C=O) groups excluding carboxylic acids is 1. The molecule has 0 saturated carbocycles. The Bertz CT molecular complexity index is 1100. The van der Waals surface area contributed by atoms with Crippen LogP contribution in [0.15, 0.2) is 45.7 Å². The molecule has 3 rings (SSSR count). The number of hydrogen-bond acceptors (Lipinski definition) is 8. The molecule has 0 atom stereocenters. The fourth-order valence-electron chi connectivity index (χ4n) is 2.44. The van der Waals surface area contributed by atoms with Gasteiger partial charge in [0.15, 0.2) is 0 Å². The highest BCUT2D eigenvalue weighted by atomic mass is 32.2. The summed E-state index contributed by atoms with van der Waals surface area (Å²) in [5.74, 6) is -0.596. The average molecular weight is 440 g/mol. The SMILES string of the molecule is O=C1C(=Cc2ccc(-c3ccccc3[N+](=O)[O-])o2)SC(=S)N1CCS(=O)(=O)O. The van der Waals surface area contributed by atoms with Crippen molar-refractivity contribution in [1.82, 2.24) is 4.90 Å². The summed E-state index contributed by atoms with van der Waals surface area (Å²) in [6, 6.07) is 9.20. The second-order valence-corrected chi connectivity index (χ2v) is 8.84. The third-order valence-electron chi connectivity index (χ3n) is 3.71. The Morgan fingerprint density at radius 1 is 1.29 bits per heavy atom. The van der Waals surface area contributed by atoms with Crippen molar-refractivity contribution >= 4 is 56.1 Å². The maximum atomic E-state index is 12.4. The van der Waals surface area contributed by atoms with Gasteiger partial charge < -0.3 is 4.42 Å². The van der Waals surface area contributed by atoms with Crippen LogP contribution in [0.4, 0.5) is 5.69 Å². The lowest BCUT2D eigenvalue weighted by Gasteiger charge is -2.12. The molecular formula is C16H12N2O7S3. The summed E-state index contributed by atoms with van der Waals surface area (Å²) in [4.78, 5) is 24.3. The quantitative estimate of drug-likeness (QED) is 0.237. The first-order chi connectivity index (χ1) is 13.2. The Kier molecular flexibility index (Phi) is 5.65. The molecule has 1 aromatic heterocycles. The first kappa shape index (κ1) is 20.2. The van der Waals surface area contributed by atoms with Crippen LogP contribution in [0.1, 0.15) is 5.76 Å². The van der Waals surface area contributed by atoms with Crippen LogP contribution in [0.25, 0.3) is 17.4 Å². The number of benzene rings is 1. The Morgan fingerprint density at radius 2 is 2.00 bits per heavy atom.